The summed E-state index contributed by atoms with van der Waals surface area (Å²) < 4.78 is 23.7. The Morgan fingerprint density at radius 2 is 1.39 bits per heavy atom. The van der Waals surface area contributed by atoms with Gasteiger partial charge in [0.25, 0.3) is 0 Å². The Bertz CT molecular complexity index is 931. The number of ether oxygens (including phenoxy) is 4. The summed E-state index contributed by atoms with van der Waals surface area (Å²) in [4.78, 5) is 4.74. The fourth-order valence-electron chi connectivity index (χ4n) is 3.00. The third-order valence-corrected chi connectivity index (χ3v) is 4.22. The Hall–Kier alpha value is -2.35. The molecule has 154 valence electrons. The molecule has 28 heavy (non-hydrogen) atoms. The van der Waals surface area contributed by atoms with Crippen molar-refractivity contribution < 1.29 is 18.9 Å². The third-order valence-electron chi connectivity index (χ3n) is 4.22. The lowest BCUT2D eigenvalue weighted by atomic mass is 10.2. The number of nitrogens with zero attached hydrogens (tertiary/aromatic N) is 2. The van der Waals surface area contributed by atoms with Gasteiger partial charge in [-0.25, -0.2) is 4.98 Å². The van der Waals surface area contributed by atoms with Crippen molar-refractivity contribution in [1.29, 1.82) is 0 Å². The van der Waals surface area contributed by atoms with Crippen molar-refractivity contribution in [2.24, 2.45) is 5.73 Å². The molecule has 0 saturated carbocycles. The van der Waals surface area contributed by atoms with Crippen LogP contribution in [0.3, 0.4) is 0 Å². The number of imidazole rings is 1. The Morgan fingerprint density at radius 3 is 1.96 bits per heavy atom. The van der Waals surface area contributed by atoms with Crippen LogP contribution in [-0.2, 0) is 6.42 Å². The van der Waals surface area contributed by atoms with Gasteiger partial charge < -0.3 is 24.7 Å². The van der Waals surface area contributed by atoms with Crippen LogP contribution in [-0.4, -0.2) is 44.5 Å². The first-order valence-electron chi connectivity index (χ1n) is 8.22. The van der Waals surface area contributed by atoms with Crippen LogP contribution < -0.4 is 24.7 Å². The van der Waals surface area contributed by atoms with Gasteiger partial charge in [0, 0.05) is 24.6 Å². The van der Waals surface area contributed by atoms with E-state index < -0.39 is 0 Å². The molecular weight excluding hydrogens is 405 g/mol. The van der Waals surface area contributed by atoms with Crippen molar-refractivity contribution in [3.05, 3.63) is 36.2 Å². The van der Waals surface area contributed by atoms with Crippen molar-refractivity contribution in [2.45, 2.75) is 6.42 Å². The molecular formula is C19H25Cl2N3O4. The van der Waals surface area contributed by atoms with Crippen LogP contribution in [0.4, 0.5) is 0 Å². The van der Waals surface area contributed by atoms with Gasteiger partial charge in [0.15, 0.2) is 23.0 Å². The van der Waals surface area contributed by atoms with E-state index in [2.05, 4.69) is 0 Å². The highest BCUT2D eigenvalue weighted by Gasteiger charge is 2.17. The molecule has 0 saturated heterocycles. The number of methoxy groups -OCH3 is 4. The number of aromatic nitrogens is 2. The average Bonchev–Trinajstić information content (AvgIpc) is 3.03. The molecule has 2 N–H and O–H groups in total. The molecule has 0 fully saturated rings. The van der Waals surface area contributed by atoms with Crippen LogP contribution in [0.5, 0.6) is 23.0 Å². The largest absolute Gasteiger partial charge is 0.493 e. The van der Waals surface area contributed by atoms with Crippen molar-refractivity contribution in [3.63, 3.8) is 0 Å². The molecule has 1 heterocycles. The molecule has 0 atom stereocenters. The first-order valence-corrected chi connectivity index (χ1v) is 8.22. The fraction of sp³-hybridized carbons (Fsp3) is 0.316. The van der Waals surface area contributed by atoms with Gasteiger partial charge in [-0.1, -0.05) is 0 Å². The molecule has 1 aromatic heterocycles. The predicted octanol–water partition coefficient (Wildman–Crippen LogP) is 3.40. The lowest BCUT2D eigenvalue weighted by Crippen LogP contribution is -2.09. The number of hydrogen-bond donors (Lipinski definition) is 1. The highest BCUT2D eigenvalue weighted by atomic mass is 35.5. The maximum absolute atomic E-state index is 5.80. The summed E-state index contributed by atoms with van der Waals surface area (Å²) in [6, 6.07) is 9.52. The van der Waals surface area contributed by atoms with E-state index in [1.165, 1.54) is 0 Å². The van der Waals surface area contributed by atoms with E-state index in [0.717, 1.165) is 22.5 Å². The van der Waals surface area contributed by atoms with Gasteiger partial charge in [0.1, 0.15) is 5.82 Å². The second kappa shape index (κ2) is 10.3. The van der Waals surface area contributed by atoms with Gasteiger partial charge >= 0.3 is 0 Å². The zero-order valence-electron chi connectivity index (χ0n) is 16.2. The maximum atomic E-state index is 5.80. The molecule has 0 spiro atoms. The van der Waals surface area contributed by atoms with E-state index in [1.54, 1.807) is 28.4 Å². The number of benzene rings is 2. The molecule has 3 rings (SSSR count). The monoisotopic (exact) mass is 429 g/mol. The van der Waals surface area contributed by atoms with E-state index in [-0.39, 0.29) is 24.8 Å². The summed E-state index contributed by atoms with van der Waals surface area (Å²) in [5.74, 6) is 3.44. The van der Waals surface area contributed by atoms with Crippen LogP contribution in [0.15, 0.2) is 30.3 Å². The topological polar surface area (TPSA) is 80.8 Å². The van der Waals surface area contributed by atoms with Crippen LogP contribution in [0.1, 0.15) is 5.82 Å². The Kier molecular flexibility index (Phi) is 8.68. The number of nitrogens with two attached hydrogens (primary N) is 1. The maximum Gasteiger partial charge on any atom is 0.163 e. The minimum Gasteiger partial charge on any atom is -0.493 e. The second-order valence-electron chi connectivity index (χ2n) is 5.64. The van der Waals surface area contributed by atoms with Gasteiger partial charge in [-0.05, 0) is 18.7 Å². The fourth-order valence-corrected chi connectivity index (χ4v) is 3.00. The Morgan fingerprint density at radius 1 is 0.821 bits per heavy atom. The molecule has 3 aromatic rings. The van der Waals surface area contributed by atoms with E-state index >= 15 is 0 Å². The van der Waals surface area contributed by atoms with Crippen LogP contribution in [0.25, 0.3) is 16.7 Å². The molecule has 0 aliphatic carbocycles. The van der Waals surface area contributed by atoms with Crippen LogP contribution in [0.2, 0.25) is 0 Å². The molecule has 0 unspecified atom stereocenters. The van der Waals surface area contributed by atoms with E-state index in [9.17, 15) is 0 Å². The van der Waals surface area contributed by atoms with Gasteiger partial charge in [0.05, 0.1) is 45.2 Å². The highest BCUT2D eigenvalue weighted by Crippen LogP contribution is 2.35. The smallest absolute Gasteiger partial charge is 0.163 e. The summed E-state index contributed by atoms with van der Waals surface area (Å²) in [6.45, 7) is 0.491. The number of halogens is 2. The minimum absolute atomic E-state index is 0. The standard InChI is InChI=1S/C19H23N3O4.2ClH/c1-23-15-6-5-12(9-16(15)24-2)22-14-11-18(26-4)17(25-3)10-13(14)21-19(22)7-8-20;;/h5-6,9-11H,7-8,20H2,1-4H3;2*1H. The van der Waals surface area contributed by atoms with Crippen LogP contribution >= 0.6 is 24.8 Å². The summed E-state index contributed by atoms with van der Waals surface area (Å²) in [5, 5.41) is 0. The van der Waals surface area contributed by atoms with Gasteiger partial charge in [-0.15, -0.1) is 24.8 Å². The van der Waals surface area contributed by atoms with Crippen molar-refractivity contribution in [2.75, 3.05) is 35.0 Å². The summed E-state index contributed by atoms with van der Waals surface area (Å²) in [7, 11) is 6.45. The summed E-state index contributed by atoms with van der Waals surface area (Å²) >= 11 is 0. The summed E-state index contributed by atoms with van der Waals surface area (Å²) in [5.41, 5.74) is 8.41. The lowest BCUT2D eigenvalue weighted by molar-refractivity contribution is 0.355. The second-order valence-corrected chi connectivity index (χ2v) is 5.64. The average molecular weight is 430 g/mol. The zero-order chi connectivity index (χ0) is 18.7. The molecule has 0 bridgehead atoms. The lowest BCUT2D eigenvalue weighted by Gasteiger charge is -2.13. The molecule has 9 heteroatoms. The molecule has 0 amide bonds. The van der Waals surface area contributed by atoms with E-state index in [1.807, 2.05) is 34.9 Å². The molecule has 2 aromatic carbocycles. The Balaban J connectivity index is 0.00000196. The SMILES string of the molecule is COc1ccc(-n2c(CCN)nc3cc(OC)c(OC)cc32)cc1OC.Cl.Cl. The van der Waals surface area contributed by atoms with Crippen molar-refractivity contribution in [1.82, 2.24) is 9.55 Å². The minimum atomic E-state index is 0. The molecule has 0 aliphatic rings. The molecule has 0 radical (unpaired) electrons. The van der Waals surface area contributed by atoms with E-state index in [0.29, 0.717) is 36.0 Å². The quantitative estimate of drug-likeness (QED) is 0.619. The summed E-state index contributed by atoms with van der Waals surface area (Å²) in [6.07, 6.45) is 0.633. The third kappa shape index (κ3) is 4.22. The number of hydrogen-bond acceptors (Lipinski definition) is 6. The van der Waals surface area contributed by atoms with E-state index in [4.69, 9.17) is 29.7 Å². The first kappa shape index (κ1) is 23.7. The zero-order valence-corrected chi connectivity index (χ0v) is 17.9. The van der Waals surface area contributed by atoms with Gasteiger partial charge in [0.2, 0.25) is 0 Å². The highest BCUT2D eigenvalue weighted by molar-refractivity contribution is 5.85. The predicted molar refractivity (Wildman–Crippen MR) is 115 cm³/mol. The number of fused-ring (bicyclic) bond motifs is 1. The number of rotatable bonds is 7. The first-order chi connectivity index (χ1) is 12.7. The Labute approximate surface area is 176 Å². The normalized spacial score (nSPS) is 10.0. The van der Waals surface area contributed by atoms with Crippen molar-refractivity contribution >= 4 is 35.8 Å². The van der Waals surface area contributed by atoms with Gasteiger partial charge in [-0.3, -0.25) is 4.57 Å². The van der Waals surface area contributed by atoms with Crippen molar-refractivity contribution in [3.8, 4) is 28.7 Å². The van der Waals surface area contributed by atoms with Crippen LogP contribution in [0, 0.1) is 0 Å². The van der Waals surface area contributed by atoms with Gasteiger partial charge in [-0.2, -0.15) is 0 Å². The molecule has 0 aliphatic heterocycles. The molecule has 7 nitrogen and oxygen atoms in total.